The summed E-state index contributed by atoms with van der Waals surface area (Å²) < 4.78 is 8.60. The lowest BCUT2D eigenvalue weighted by atomic mass is 10.1. The van der Waals surface area contributed by atoms with Crippen LogP contribution < -0.4 is 10.1 Å². The van der Waals surface area contributed by atoms with E-state index in [0.29, 0.717) is 5.82 Å². The smallest absolute Gasteiger partial charge is 0.247 e. The maximum absolute atomic E-state index is 12.4. The maximum Gasteiger partial charge on any atom is 0.247 e. The molecule has 0 radical (unpaired) electrons. The van der Waals surface area contributed by atoms with Gasteiger partial charge in [-0.2, -0.15) is 10.2 Å². The van der Waals surface area contributed by atoms with E-state index in [0.717, 1.165) is 27.9 Å². The molecule has 0 fully saturated rings. The Kier molecular flexibility index (Phi) is 4.33. The van der Waals surface area contributed by atoms with Crippen molar-refractivity contribution >= 4 is 22.6 Å². The third kappa shape index (κ3) is 3.39. The zero-order valence-electron chi connectivity index (χ0n) is 15.1. The Morgan fingerprint density at radius 1 is 1.11 bits per heavy atom. The van der Waals surface area contributed by atoms with Crippen LogP contribution in [0.4, 0.5) is 5.82 Å². The number of hydrogen-bond donors (Lipinski definition) is 1. The van der Waals surface area contributed by atoms with Gasteiger partial charge in [-0.05, 0) is 30.3 Å². The lowest BCUT2D eigenvalue weighted by Gasteiger charge is -2.04. The number of nitrogens with one attached hydrogen (secondary N) is 1. The fourth-order valence-corrected chi connectivity index (χ4v) is 3.01. The molecule has 7 nitrogen and oxygen atoms in total. The number of carbonyl (C=O) groups is 1. The summed E-state index contributed by atoms with van der Waals surface area (Å²) in [6.07, 6.45) is 1.78. The van der Waals surface area contributed by atoms with Gasteiger partial charge in [0, 0.05) is 24.2 Å². The van der Waals surface area contributed by atoms with Crippen LogP contribution >= 0.6 is 0 Å². The van der Waals surface area contributed by atoms with E-state index in [-0.39, 0.29) is 12.5 Å². The largest absolute Gasteiger partial charge is 0.497 e. The van der Waals surface area contributed by atoms with Gasteiger partial charge in [-0.25, -0.2) is 0 Å². The van der Waals surface area contributed by atoms with Gasteiger partial charge in [-0.15, -0.1) is 0 Å². The molecule has 0 saturated carbocycles. The summed E-state index contributed by atoms with van der Waals surface area (Å²) in [5, 5.41) is 12.6. The zero-order valence-corrected chi connectivity index (χ0v) is 15.1. The molecule has 1 amide bonds. The van der Waals surface area contributed by atoms with Crippen LogP contribution in [0.3, 0.4) is 0 Å². The molecule has 7 heteroatoms. The van der Waals surface area contributed by atoms with E-state index in [2.05, 4.69) is 15.5 Å². The van der Waals surface area contributed by atoms with Crippen LogP contribution in [0.1, 0.15) is 0 Å². The van der Waals surface area contributed by atoms with Crippen LogP contribution in [0.2, 0.25) is 0 Å². The van der Waals surface area contributed by atoms with Crippen LogP contribution in [-0.2, 0) is 18.4 Å². The SMILES string of the molecule is COc1cccc(-c2ccn(CC(=O)Nc3nn(C)c4ccccc34)n2)c1. The standard InChI is InChI=1S/C20H19N5O2/c1-24-18-9-4-3-8-16(18)20(23-24)21-19(26)13-25-11-10-17(22-25)14-6-5-7-15(12-14)27-2/h3-12H,13H2,1-2H3,(H,21,23,26). The van der Waals surface area contributed by atoms with Crippen LogP contribution in [0.15, 0.2) is 60.8 Å². The predicted octanol–water partition coefficient (Wildman–Crippen LogP) is 3.08. The highest BCUT2D eigenvalue weighted by Gasteiger charge is 2.12. The number of fused-ring (bicyclic) bond motifs is 1. The normalized spacial score (nSPS) is 10.9. The number of rotatable bonds is 5. The number of nitrogens with zero attached hydrogens (tertiary/aromatic N) is 4. The molecule has 4 aromatic rings. The average Bonchev–Trinajstić information content (AvgIpc) is 3.27. The molecule has 2 aromatic carbocycles. The Labute approximate surface area is 156 Å². The molecule has 27 heavy (non-hydrogen) atoms. The predicted molar refractivity (Wildman–Crippen MR) is 104 cm³/mol. The van der Waals surface area contributed by atoms with E-state index in [4.69, 9.17) is 4.74 Å². The highest BCUT2D eigenvalue weighted by atomic mass is 16.5. The lowest BCUT2D eigenvalue weighted by molar-refractivity contribution is -0.116. The number of hydrogen-bond acceptors (Lipinski definition) is 4. The third-order valence-electron chi connectivity index (χ3n) is 4.33. The lowest BCUT2D eigenvalue weighted by Crippen LogP contribution is -2.19. The molecule has 0 aliphatic carbocycles. The minimum Gasteiger partial charge on any atom is -0.497 e. The first-order valence-electron chi connectivity index (χ1n) is 8.53. The van der Waals surface area contributed by atoms with Crippen LogP contribution in [0.25, 0.3) is 22.2 Å². The highest BCUT2D eigenvalue weighted by Crippen LogP contribution is 2.23. The minimum atomic E-state index is -0.181. The van der Waals surface area contributed by atoms with E-state index < -0.39 is 0 Å². The molecule has 4 rings (SSSR count). The highest BCUT2D eigenvalue weighted by molar-refractivity contribution is 5.99. The summed E-state index contributed by atoms with van der Waals surface area (Å²) in [6.45, 7) is 0.106. The zero-order chi connectivity index (χ0) is 18.8. The Bertz CT molecular complexity index is 1110. The van der Waals surface area contributed by atoms with Gasteiger partial charge >= 0.3 is 0 Å². The van der Waals surface area contributed by atoms with Gasteiger partial charge in [-0.3, -0.25) is 14.2 Å². The molecule has 0 atom stereocenters. The minimum absolute atomic E-state index is 0.106. The number of anilines is 1. The molecule has 2 heterocycles. The number of aryl methyl sites for hydroxylation is 1. The number of carbonyl (C=O) groups excluding carboxylic acids is 1. The summed E-state index contributed by atoms with van der Waals surface area (Å²) in [4.78, 5) is 12.4. The monoisotopic (exact) mass is 361 g/mol. The quantitative estimate of drug-likeness (QED) is 0.593. The van der Waals surface area contributed by atoms with Crippen molar-refractivity contribution in [3.63, 3.8) is 0 Å². The third-order valence-corrected chi connectivity index (χ3v) is 4.33. The fraction of sp³-hybridized carbons (Fsp3) is 0.150. The average molecular weight is 361 g/mol. The second-order valence-electron chi connectivity index (χ2n) is 6.17. The fourth-order valence-electron chi connectivity index (χ4n) is 3.01. The van der Waals surface area contributed by atoms with Gasteiger partial charge in [-0.1, -0.05) is 24.3 Å². The van der Waals surface area contributed by atoms with Gasteiger partial charge in [0.2, 0.25) is 5.91 Å². The van der Waals surface area contributed by atoms with Gasteiger partial charge in [0.15, 0.2) is 5.82 Å². The van der Waals surface area contributed by atoms with Crippen molar-refractivity contribution in [2.75, 3.05) is 12.4 Å². The van der Waals surface area contributed by atoms with Crippen molar-refractivity contribution in [2.45, 2.75) is 6.54 Å². The summed E-state index contributed by atoms with van der Waals surface area (Å²) in [7, 11) is 3.48. The summed E-state index contributed by atoms with van der Waals surface area (Å²) in [5.41, 5.74) is 2.68. The van der Waals surface area contributed by atoms with Crippen molar-refractivity contribution < 1.29 is 9.53 Å². The van der Waals surface area contributed by atoms with E-state index >= 15 is 0 Å². The number of aromatic nitrogens is 4. The van der Waals surface area contributed by atoms with E-state index in [1.807, 2.05) is 61.6 Å². The van der Waals surface area contributed by atoms with Crippen molar-refractivity contribution in [3.05, 3.63) is 60.8 Å². The summed E-state index contributed by atoms with van der Waals surface area (Å²) in [5.74, 6) is 1.14. The molecular weight excluding hydrogens is 342 g/mol. The molecule has 2 aromatic heterocycles. The molecule has 0 bridgehead atoms. The molecule has 0 saturated heterocycles. The first-order valence-corrected chi connectivity index (χ1v) is 8.53. The first-order chi connectivity index (χ1) is 13.1. The van der Waals surface area contributed by atoms with Gasteiger partial charge < -0.3 is 10.1 Å². The summed E-state index contributed by atoms with van der Waals surface area (Å²) >= 11 is 0. The van der Waals surface area contributed by atoms with Crippen molar-refractivity contribution in [3.8, 4) is 17.0 Å². The molecule has 0 spiro atoms. The Morgan fingerprint density at radius 2 is 1.96 bits per heavy atom. The van der Waals surface area contributed by atoms with Gasteiger partial charge in [0.05, 0.1) is 18.3 Å². The van der Waals surface area contributed by atoms with E-state index in [1.54, 1.807) is 22.7 Å². The first kappa shape index (κ1) is 16.8. The Balaban J connectivity index is 1.49. The number of amides is 1. The van der Waals surface area contributed by atoms with Crippen LogP contribution in [-0.4, -0.2) is 32.6 Å². The van der Waals surface area contributed by atoms with E-state index in [9.17, 15) is 4.79 Å². The van der Waals surface area contributed by atoms with Gasteiger partial charge in [0.25, 0.3) is 0 Å². The summed E-state index contributed by atoms with van der Waals surface area (Å²) in [6, 6.07) is 17.3. The van der Waals surface area contributed by atoms with Crippen LogP contribution in [0, 0.1) is 0 Å². The van der Waals surface area contributed by atoms with Crippen molar-refractivity contribution in [2.24, 2.45) is 7.05 Å². The molecule has 0 aliphatic heterocycles. The van der Waals surface area contributed by atoms with Crippen molar-refractivity contribution in [1.82, 2.24) is 19.6 Å². The maximum atomic E-state index is 12.4. The second kappa shape index (κ2) is 6.95. The molecule has 1 N–H and O–H groups in total. The number of benzene rings is 2. The topological polar surface area (TPSA) is 74.0 Å². The Hall–Kier alpha value is -3.61. The van der Waals surface area contributed by atoms with Gasteiger partial charge in [0.1, 0.15) is 12.3 Å². The van der Waals surface area contributed by atoms with Crippen LogP contribution in [0.5, 0.6) is 5.75 Å². The van der Waals surface area contributed by atoms with Crippen molar-refractivity contribution in [1.29, 1.82) is 0 Å². The van der Waals surface area contributed by atoms with E-state index in [1.165, 1.54) is 0 Å². The molecule has 0 unspecified atom stereocenters. The number of para-hydroxylation sites is 1. The Morgan fingerprint density at radius 3 is 2.81 bits per heavy atom. The number of methoxy groups -OCH3 is 1. The molecule has 0 aliphatic rings. The molecule has 136 valence electrons. The molecular formula is C20H19N5O2. The number of ether oxygens (including phenoxy) is 1. The second-order valence-corrected chi connectivity index (χ2v) is 6.17.